The highest BCUT2D eigenvalue weighted by Crippen LogP contribution is 2.24. The SMILES string of the molecule is COc1ccc(C(=O)N/C(=C\c2ccco2)C(=O)NCCSCc2ccc(Cl)c(Cl)c2)cc1. The first-order valence-corrected chi connectivity index (χ1v) is 11.9. The molecule has 0 saturated heterocycles. The van der Waals surface area contributed by atoms with Crippen LogP contribution in [0.15, 0.2) is 71.0 Å². The van der Waals surface area contributed by atoms with Gasteiger partial charge in [0.25, 0.3) is 11.8 Å². The van der Waals surface area contributed by atoms with Gasteiger partial charge in [0.2, 0.25) is 0 Å². The normalized spacial score (nSPS) is 11.2. The number of nitrogens with one attached hydrogen (secondary N) is 2. The van der Waals surface area contributed by atoms with Crippen LogP contribution < -0.4 is 15.4 Å². The molecule has 3 rings (SSSR count). The van der Waals surface area contributed by atoms with Gasteiger partial charge in [-0.05, 0) is 54.1 Å². The smallest absolute Gasteiger partial charge is 0.267 e. The van der Waals surface area contributed by atoms with Gasteiger partial charge in [-0.1, -0.05) is 29.3 Å². The van der Waals surface area contributed by atoms with Crippen LogP contribution in [-0.2, 0) is 10.5 Å². The van der Waals surface area contributed by atoms with Crippen LogP contribution in [0.4, 0.5) is 0 Å². The molecule has 0 atom stereocenters. The molecule has 0 bridgehead atoms. The summed E-state index contributed by atoms with van der Waals surface area (Å²) in [4.78, 5) is 25.4. The van der Waals surface area contributed by atoms with Crippen molar-refractivity contribution in [1.82, 2.24) is 10.6 Å². The van der Waals surface area contributed by atoms with Gasteiger partial charge in [-0.25, -0.2) is 0 Å². The van der Waals surface area contributed by atoms with Crippen LogP contribution in [0.2, 0.25) is 10.0 Å². The van der Waals surface area contributed by atoms with E-state index in [4.69, 9.17) is 32.4 Å². The minimum atomic E-state index is -0.417. The van der Waals surface area contributed by atoms with Gasteiger partial charge in [0, 0.05) is 29.7 Å². The van der Waals surface area contributed by atoms with Crippen molar-refractivity contribution in [2.45, 2.75) is 5.75 Å². The third-order valence-electron chi connectivity index (χ3n) is 4.46. The van der Waals surface area contributed by atoms with Crippen LogP contribution in [0.5, 0.6) is 5.75 Å². The zero-order chi connectivity index (χ0) is 23.6. The summed E-state index contributed by atoms with van der Waals surface area (Å²) >= 11 is 13.6. The summed E-state index contributed by atoms with van der Waals surface area (Å²) in [6.07, 6.45) is 2.98. The third-order valence-corrected chi connectivity index (χ3v) is 6.23. The molecule has 2 amide bonds. The predicted octanol–water partition coefficient (Wildman–Crippen LogP) is 5.42. The Balaban J connectivity index is 1.56. The zero-order valence-corrected chi connectivity index (χ0v) is 20.1. The Labute approximate surface area is 206 Å². The summed E-state index contributed by atoms with van der Waals surface area (Å²) in [6.45, 7) is 0.415. The molecule has 1 aromatic heterocycles. The number of benzene rings is 2. The summed E-state index contributed by atoms with van der Waals surface area (Å²) in [6, 6.07) is 15.5. The van der Waals surface area contributed by atoms with Crippen molar-refractivity contribution in [3.05, 3.63) is 93.5 Å². The van der Waals surface area contributed by atoms with Crippen molar-refractivity contribution in [3.8, 4) is 5.75 Å². The number of carbonyl (C=O) groups is 2. The van der Waals surface area contributed by atoms with Crippen LogP contribution in [0, 0.1) is 0 Å². The molecule has 0 aliphatic carbocycles. The number of hydrogen-bond acceptors (Lipinski definition) is 5. The maximum atomic E-state index is 12.8. The molecule has 0 aliphatic heterocycles. The first-order valence-electron chi connectivity index (χ1n) is 9.96. The molecule has 9 heteroatoms. The summed E-state index contributed by atoms with van der Waals surface area (Å²) in [5.74, 6) is 1.66. The average molecular weight is 505 g/mol. The number of rotatable bonds is 10. The zero-order valence-electron chi connectivity index (χ0n) is 17.8. The minimum absolute atomic E-state index is 0.0836. The van der Waals surface area contributed by atoms with Crippen molar-refractivity contribution in [3.63, 3.8) is 0 Å². The number of hydrogen-bond donors (Lipinski definition) is 2. The first-order chi connectivity index (χ1) is 16.0. The number of thioether (sulfide) groups is 1. The lowest BCUT2D eigenvalue weighted by Gasteiger charge is -2.11. The maximum Gasteiger partial charge on any atom is 0.267 e. The summed E-state index contributed by atoms with van der Waals surface area (Å²) in [7, 11) is 1.55. The second-order valence-electron chi connectivity index (χ2n) is 6.81. The van der Waals surface area contributed by atoms with E-state index in [1.807, 2.05) is 12.1 Å². The van der Waals surface area contributed by atoms with Crippen LogP contribution in [0.25, 0.3) is 6.08 Å². The fourth-order valence-corrected chi connectivity index (χ4v) is 3.89. The molecular weight excluding hydrogens is 483 g/mol. The van der Waals surface area contributed by atoms with Crippen LogP contribution in [0.1, 0.15) is 21.7 Å². The van der Waals surface area contributed by atoms with E-state index < -0.39 is 11.8 Å². The minimum Gasteiger partial charge on any atom is -0.497 e. The van der Waals surface area contributed by atoms with E-state index in [0.29, 0.717) is 39.4 Å². The van der Waals surface area contributed by atoms with Gasteiger partial charge in [-0.3, -0.25) is 9.59 Å². The number of furan rings is 1. The van der Waals surface area contributed by atoms with Gasteiger partial charge in [-0.2, -0.15) is 11.8 Å². The Kier molecular flexibility index (Phi) is 9.30. The fraction of sp³-hybridized carbons (Fsp3) is 0.167. The average Bonchev–Trinajstić information content (AvgIpc) is 3.33. The molecular formula is C24H22Cl2N2O4S. The fourth-order valence-electron chi connectivity index (χ4n) is 2.76. The lowest BCUT2D eigenvalue weighted by atomic mass is 10.2. The summed E-state index contributed by atoms with van der Waals surface area (Å²) in [5, 5.41) is 6.52. The number of methoxy groups -OCH3 is 1. The van der Waals surface area contributed by atoms with E-state index in [9.17, 15) is 9.59 Å². The summed E-state index contributed by atoms with van der Waals surface area (Å²) < 4.78 is 10.4. The molecule has 6 nitrogen and oxygen atoms in total. The third kappa shape index (κ3) is 7.60. The number of amides is 2. The molecule has 0 spiro atoms. The molecule has 0 saturated carbocycles. The lowest BCUT2D eigenvalue weighted by Crippen LogP contribution is -2.35. The Morgan fingerprint density at radius 1 is 1.09 bits per heavy atom. The Bertz CT molecular complexity index is 1120. The van der Waals surface area contributed by atoms with Crippen LogP contribution in [-0.4, -0.2) is 31.2 Å². The van der Waals surface area contributed by atoms with Gasteiger partial charge < -0.3 is 19.8 Å². The monoisotopic (exact) mass is 504 g/mol. The molecule has 3 aromatic rings. The van der Waals surface area contributed by atoms with Gasteiger partial charge in [0.15, 0.2) is 0 Å². The van der Waals surface area contributed by atoms with E-state index in [0.717, 1.165) is 11.3 Å². The van der Waals surface area contributed by atoms with Crippen molar-refractivity contribution >= 4 is 52.9 Å². The van der Waals surface area contributed by atoms with Crippen molar-refractivity contribution < 1.29 is 18.7 Å². The molecule has 33 heavy (non-hydrogen) atoms. The first kappa shape index (κ1) is 24.8. The van der Waals surface area contributed by atoms with Crippen LogP contribution >= 0.6 is 35.0 Å². The van der Waals surface area contributed by atoms with E-state index in [1.165, 1.54) is 12.3 Å². The molecule has 2 aromatic carbocycles. The van der Waals surface area contributed by atoms with Gasteiger partial charge in [0.1, 0.15) is 17.2 Å². The molecule has 0 unspecified atom stereocenters. The maximum absolute atomic E-state index is 12.8. The standard InChI is InChI=1S/C24H22Cl2N2O4S/c1-31-18-7-5-17(6-8-18)23(29)28-22(14-19-3-2-11-32-19)24(30)27-10-12-33-15-16-4-9-20(25)21(26)13-16/h2-9,11,13-14H,10,12,15H2,1H3,(H,27,30)(H,28,29)/b22-14-. The number of halogens is 2. The number of ether oxygens (including phenoxy) is 1. The summed E-state index contributed by atoms with van der Waals surface area (Å²) in [5.41, 5.74) is 1.53. The van der Waals surface area contributed by atoms with Crippen molar-refractivity contribution in [2.24, 2.45) is 0 Å². The van der Waals surface area contributed by atoms with Gasteiger partial charge >= 0.3 is 0 Å². The van der Waals surface area contributed by atoms with E-state index in [-0.39, 0.29) is 5.70 Å². The topological polar surface area (TPSA) is 80.6 Å². The molecule has 0 radical (unpaired) electrons. The predicted molar refractivity (Wildman–Crippen MR) is 133 cm³/mol. The Morgan fingerprint density at radius 2 is 1.88 bits per heavy atom. The van der Waals surface area contributed by atoms with Crippen LogP contribution in [0.3, 0.4) is 0 Å². The van der Waals surface area contributed by atoms with E-state index >= 15 is 0 Å². The van der Waals surface area contributed by atoms with E-state index in [2.05, 4.69) is 10.6 Å². The van der Waals surface area contributed by atoms with E-state index in [1.54, 1.807) is 61.3 Å². The Hall–Kier alpha value is -2.87. The highest BCUT2D eigenvalue weighted by Gasteiger charge is 2.15. The molecule has 0 aliphatic rings. The van der Waals surface area contributed by atoms with Gasteiger partial charge in [-0.15, -0.1) is 0 Å². The quantitative estimate of drug-likeness (QED) is 0.284. The molecule has 1 heterocycles. The highest BCUT2D eigenvalue weighted by molar-refractivity contribution is 7.98. The number of carbonyl (C=O) groups excluding carboxylic acids is 2. The molecule has 2 N–H and O–H groups in total. The highest BCUT2D eigenvalue weighted by atomic mass is 35.5. The molecule has 172 valence electrons. The Morgan fingerprint density at radius 3 is 2.55 bits per heavy atom. The second kappa shape index (κ2) is 12.4. The van der Waals surface area contributed by atoms with Crippen molar-refractivity contribution in [2.75, 3.05) is 19.4 Å². The largest absolute Gasteiger partial charge is 0.497 e. The van der Waals surface area contributed by atoms with Gasteiger partial charge in [0.05, 0.1) is 23.4 Å². The second-order valence-corrected chi connectivity index (χ2v) is 8.73. The lowest BCUT2D eigenvalue weighted by molar-refractivity contribution is -0.117. The van der Waals surface area contributed by atoms with Crippen molar-refractivity contribution in [1.29, 1.82) is 0 Å². The molecule has 0 fully saturated rings.